The van der Waals surface area contributed by atoms with E-state index in [1.807, 2.05) is 91.0 Å². The van der Waals surface area contributed by atoms with Crippen molar-refractivity contribution in [3.05, 3.63) is 143 Å². The number of nitrogens with zero attached hydrogens (tertiary/aromatic N) is 1. The van der Waals surface area contributed by atoms with Crippen LogP contribution in [-0.4, -0.2) is 36.3 Å². The lowest BCUT2D eigenvalue weighted by molar-refractivity contribution is -0.144. The van der Waals surface area contributed by atoms with Crippen molar-refractivity contribution in [2.45, 2.75) is 32.1 Å². The van der Waals surface area contributed by atoms with Crippen LogP contribution in [0.5, 0.6) is 0 Å². The Kier molecular flexibility index (Phi) is 12.0. The number of nitrogens with two attached hydrogens (primary N) is 1. The molecule has 0 saturated carbocycles. The Hall–Kier alpha value is -5.77. The smallest absolute Gasteiger partial charge is 0.435 e. The van der Waals surface area contributed by atoms with E-state index in [9.17, 15) is 19.2 Å². The summed E-state index contributed by atoms with van der Waals surface area (Å²) < 4.78 is 10.4. The number of hydrogen-bond acceptors (Lipinski definition) is 6. The summed E-state index contributed by atoms with van der Waals surface area (Å²) in [6.07, 6.45) is -0.853. The predicted octanol–water partition coefficient (Wildman–Crippen LogP) is 4.84. The number of carbonyl (C=O) groups excluding carboxylic acids is 4. The first-order valence-corrected chi connectivity index (χ1v) is 14.3. The molecule has 10 heteroatoms. The van der Waals surface area contributed by atoms with Gasteiger partial charge in [-0.1, -0.05) is 103 Å². The minimum absolute atomic E-state index is 0.0183. The molecular formula is C35H34N4O6. The van der Waals surface area contributed by atoms with Crippen LogP contribution in [0.1, 0.15) is 51.5 Å². The number of rotatable bonds is 13. The highest BCUT2D eigenvalue weighted by atomic mass is 16.5. The standard InChI is InChI=1S/C35H34N4O6/c36-33(39-35(43)45-24-26-12-6-2-7-13-26)28-16-18-29(19-17-28)34(42)38-30(27-14-8-3-9-15-27)22-31(40)37-21-20-32(41)44-23-25-10-4-1-5-11-25/h1-19,30H,20-24H2,(H,37,40)(H,38,42)(H2,36,39,43). The SMILES string of the molecule is NC(=NC(=O)OCc1ccccc1)c1ccc(C(=O)NC(CC(=O)NCCC(=O)OCc2ccccc2)c2ccccc2)cc1. The van der Waals surface area contributed by atoms with Crippen LogP contribution in [0.4, 0.5) is 4.79 Å². The van der Waals surface area contributed by atoms with Gasteiger partial charge in [-0.2, -0.15) is 4.99 Å². The van der Waals surface area contributed by atoms with Gasteiger partial charge in [-0.05, 0) is 28.8 Å². The first kappa shape index (κ1) is 32.2. The van der Waals surface area contributed by atoms with Gasteiger partial charge in [0.25, 0.3) is 5.91 Å². The maximum Gasteiger partial charge on any atom is 0.435 e. The first-order chi connectivity index (χ1) is 21.9. The van der Waals surface area contributed by atoms with Gasteiger partial charge in [-0.25, -0.2) is 4.79 Å². The Balaban J connectivity index is 1.29. The number of carbonyl (C=O) groups is 4. The van der Waals surface area contributed by atoms with E-state index in [1.165, 1.54) is 0 Å². The van der Waals surface area contributed by atoms with Crippen LogP contribution >= 0.6 is 0 Å². The number of amides is 3. The lowest BCUT2D eigenvalue weighted by Crippen LogP contribution is -2.34. The van der Waals surface area contributed by atoms with Gasteiger partial charge < -0.3 is 25.8 Å². The summed E-state index contributed by atoms with van der Waals surface area (Å²) in [5.41, 5.74) is 9.17. The molecule has 0 aromatic heterocycles. The minimum Gasteiger partial charge on any atom is -0.461 e. The fraction of sp³-hybridized carbons (Fsp3) is 0.171. The van der Waals surface area contributed by atoms with E-state index in [0.717, 1.165) is 16.7 Å². The van der Waals surface area contributed by atoms with Crippen LogP contribution in [-0.2, 0) is 32.3 Å². The van der Waals surface area contributed by atoms with E-state index >= 15 is 0 Å². The molecule has 4 rings (SSSR count). The fourth-order valence-corrected chi connectivity index (χ4v) is 4.26. The summed E-state index contributed by atoms with van der Waals surface area (Å²) >= 11 is 0. The number of amidine groups is 1. The van der Waals surface area contributed by atoms with Gasteiger partial charge >= 0.3 is 12.1 Å². The molecule has 0 bridgehead atoms. The van der Waals surface area contributed by atoms with Crippen molar-refractivity contribution in [3.8, 4) is 0 Å². The minimum atomic E-state index is -0.828. The van der Waals surface area contributed by atoms with Gasteiger partial charge in [-0.15, -0.1) is 0 Å². The second-order valence-corrected chi connectivity index (χ2v) is 10.0. The van der Waals surface area contributed by atoms with Crippen LogP contribution in [0.15, 0.2) is 120 Å². The van der Waals surface area contributed by atoms with Gasteiger partial charge in [0.1, 0.15) is 19.0 Å². The average Bonchev–Trinajstić information content (AvgIpc) is 3.07. The maximum absolute atomic E-state index is 13.1. The molecule has 4 aromatic carbocycles. The number of esters is 1. The van der Waals surface area contributed by atoms with Gasteiger partial charge in [0.15, 0.2) is 0 Å². The second-order valence-electron chi connectivity index (χ2n) is 10.0. The Labute approximate surface area is 261 Å². The number of ether oxygens (including phenoxy) is 2. The molecule has 0 heterocycles. The molecule has 3 amide bonds. The maximum atomic E-state index is 13.1. The molecule has 10 nitrogen and oxygen atoms in total. The molecule has 0 fully saturated rings. The Morgan fingerprint density at radius 3 is 1.82 bits per heavy atom. The summed E-state index contributed by atoms with van der Waals surface area (Å²) in [6, 6.07) is 33.2. The second kappa shape index (κ2) is 16.8. The predicted molar refractivity (Wildman–Crippen MR) is 169 cm³/mol. The normalized spacial score (nSPS) is 11.6. The first-order valence-electron chi connectivity index (χ1n) is 14.3. The fourth-order valence-electron chi connectivity index (χ4n) is 4.26. The van der Waals surface area contributed by atoms with E-state index in [2.05, 4.69) is 15.6 Å². The highest BCUT2D eigenvalue weighted by molar-refractivity contribution is 6.03. The molecular weight excluding hydrogens is 572 g/mol. The molecule has 4 N–H and O–H groups in total. The Morgan fingerprint density at radius 1 is 0.689 bits per heavy atom. The van der Waals surface area contributed by atoms with Crippen molar-refractivity contribution in [1.82, 2.24) is 10.6 Å². The van der Waals surface area contributed by atoms with Crippen LogP contribution in [0.25, 0.3) is 0 Å². The summed E-state index contributed by atoms with van der Waals surface area (Å²) in [5.74, 6) is -1.22. The third-order valence-electron chi connectivity index (χ3n) is 6.65. The molecule has 1 atom stereocenters. The van der Waals surface area contributed by atoms with E-state index in [4.69, 9.17) is 15.2 Å². The molecule has 0 aliphatic carbocycles. The third-order valence-corrected chi connectivity index (χ3v) is 6.65. The zero-order valence-corrected chi connectivity index (χ0v) is 24.6. The summed E-state index contributed by atoms with van der Waals surface area (Å²) in [6.45, 7) is 0.334. The number of nitrogens with one attached hydrogen (secondary N) is 2. The molecule has 45 heavy (non-hydrogen) atoms. The zero-order valence-electron chi connectivity index (χ0n) is 24.6. The summed E-state index contributed by atoms with van der Waals surface area (Å²) in [5, 5.41) is 5.63. The van der Waals surface area contributed by atoms with Crippen molar-refractivity contribution in [2.75, 3.05) is 6.54 Å². The van der Waals surface area contributed by atoms with Crippen LogP contribution < -0.4 is 16.4 Å². The van der Waals surface area contributed by atoms with E-state index < -0.39 is 24.0 Å². The van der Waals surface area contributed by atoms with Crippen molar-refractivity contribution >= 4 is 29.7 Å². The topological polar surface area (TPSA) is 149 Å². The molecule has 0 aliphatic heterocycles. The number of aliphatic imine (C=N–C) groups is 1. The molecule has 1 unspecified atom stereocenters. The van der Waals surface area contributed by atoms with Crippen molar-refractivity contribution in [3.63, 3.8) is 0 Å². The molecule has 0 aliphatic rings. The molecule has 0 saturated heterocycles. The van der Waals surface area contributed by atoms with Crippen molar-refractivity contribution < 1.29 is 28.7 Å². The van der Waals surface area contributed by atoms with E-state index in [-0.39, 0.29) is 44.3 Å². The molecule has 230 valence electrons. The number of hydrogen-bond donors (Lipinski definition) is 3. The van der Waals surface area contributed by atoms with Gasteiger partial charge in [0, 0.05) is 17.7 Å². The lowest BCUT2D eigenvalue weighted by Gasteiger charge is -2.19. The van der Waals surface area contributed by atoms with Crippen LogP contribution in [0, 0.1) is 0 Å². The quantitative estimate of drug-likeness (QED) is 0.112. The highest BCUT2D eigenvalue weighted by Gasteiger charge is 2.20. The molecule has 0 radical (unpaired) electrons. The summed E-state index contributed by atoms with van der Waals surface area (Å²) in [4.78, 5) is 53.8. The van der Waals surface area contributed by atoms with Crippen LogP contribution in [0.3, 0.4) is 0 Å². The lowest BCUT2D eigenvalue weighted by atomic mass is 10.0. The van der Waals surface area contributed by atoms with Gasteiger partial charge in [-0.3, -0.25) is 14.4 Å². The monoisotopic (exact) mass is 606 g/mol. The van der Waals surface area contributed by atoms with E-state index in [1.54, 1.807) is 24.3 Å². The number of benzene rings is 4. The van der Waals surface area contributed by atoms with Gasteiger partial charge in [0.2, 0.25) is 5.91 Å². The average molecular weight is 607 g/mol. The largest absolute Gasteiger partial charge is 0.461 e. The molecule has 4 aromatic rings. The highest BCUT2D eigenvalue weighted by Crippen LogP contribution is 2.18. The third kappa shape index (κ3) is 10.8. The van der Waals surface area contributed by atoms with Crippen molar-refractivity contribution in [1.29, 1.82) is 0 Å². The molecule has 0 spiro atoms. The summed E-state index contributed by atoms with van der Waals surface area (Å²) in [7, 11) is 0. The zero-order chi connectivity index (χ0) is 31.9. The van der Waals surface area contributed by atoms with Gasteiger partial charge in [0.05, 0.1) is 18.9 Å². The van der Waals surface area contributed by atoms with Crippen molar-refractivity contribution in [2.24, 2.45) is 10.7 Å². The Morgan fingerprint density at radius 2 is 1.22 bits per heavy atom. The van der Waals surface area contributed by atoms with E-state index in [0.29, 0.717) is 11.1 Å². The van der Waals surface area contributed by atoms with Crippen LogP contribution in [0.2, 0.25) is 0 Å². The Bertz CT molecular complexity index is 1590.